The molecule has 0 bridgehead atoms. The van der Waals surface area contributed by atoms with E-state index in [1.54, 1.807) is 18.2 Å². The third-order valence-corrected chi connectivity index (χ3v) is 3.69. The quantitative estimate of drug-likeness (QED) is 0.280. The fourth-order valence-electron chi connectivity index (χ4n) is 1.41. The summed E-state index contributed by atoms with van der Waals surface area (Å²) in [4.78, 5) is 0. The minimum atomic E-state index is -5.84. The summed E-state index contributed by atoms with van der Waals surface area (Å²) in [6, 6.07) is 5.25. The van der Waals surface area contributed by atoms with Gasteiger partial charge in [-0.1, -0.05) is 34.6 Å². The minimum absolute atomic E-state index is 0. The predicted molar refractivity (Wildman–Crippen MR) is 96.0 cm³/mol. The van der Waals surface area contributed by atoms with E-state index in [2.05, 4.69) is 34.6 Å². The number of nitrogens with zero attached hydrogens (tertiary/aromatic N) is 3. The van der Waals surface area contributed by atoms with Crippen molar-refractivity contribution < 1.29 is 45.6 Å². The van der Waals surface area contributed by atoms with Gasteiger partial charge in [0.15, 0.2) is 0 Å². The molecule has 0 unspecified atom stereocenters. The molecular formula is C17H25F3N3O3RuS+. The number of rotatable bonds is 0. The largest absolute Gasteiger partial charge is 1.00 e. The molecule has 0 spiro atoms. The Morgan fingerprint density at radius 2 is 0.786 bits per heavy atom. The third kappa shape index (κ3) is 18.2. The summed E-state index contributed by atoms with van der Waals surface area (Å²) in [6.45, 7) is 15.3. The maximum absolute atomic E-state index is 10.7. The van der Waals surface area contributed by atoms with Gasteiger partial charge in [0.1, 0.15) is 0 Å². The molecule has 6 nitrogen and oxygen atoms in total. The van der Waals surface area contributed by atoms with Crippen molar-refractivity contribution in [3.05, 3.63) is 29.6 Å². The van der Waals surface area contributed by atoms with Crippen molar-refractivity contribution in [2.75, 3.05) is 0 Å². The van der Waals surface area contributed by atoms with Crippen molar-refractivity contribution >= 4 is 10.1 Å². The second-order valence-corrected chi connectivity index (χ2v) is 6.13. The molecule has 11 heteroatoms. The molecule has 6 radical (unpaired) electrons. The normalized spacial score (nSPS) is 15.0. The molecular weight excluding hydrogens is 484 g/mol. The van der Waals surface area contributed by atoms with Gasteiger partial charge in [0.2, 0.25) is 0 Å². The van der Waals surface area contributed by atoms with Crippen LogP contribution in [-0.2, 0) is 29.6 Å². The van der Waals surface area contributed by atoms with Crippen molar-refractivity contribution in [3.8, 4) is 18.2 Å². The first-order valence-corrected chi connectivity index (χ1v) is 8.65. The van der Waals surface area contributed by atoms with Gasteiger partial charge < -0.3 is 0 Å². The topological polar surface area (TPSA) is 126 Å². The molecule has 1 aliphatic carbocycles. The van der Waals surface area contributed by atoms with Gasteiger partial charge in [-0.25, -0.2) is 0 Å². The Morgan fingerprint density at radius 1 is 0.714 bits per heavy atom. The van der Waals surface area contributed by atoms with Crippen LogP contribution >= 0.6 is 0 Å². The Balaban J connectivity index is -0.0000000878. The molecule has 0 aromatic heterocycles. The van der Waals surface area contributed by atoms with E-state index in [1.165, 1.54) is 50.4 Å². The molecule has 0 aliphatic heterocycles. The maximum atomic E-state index is 10.7. The van der Waals surface area contributed by atoms with Gasteiger partial charge in [0, 0.05) is 20.8 Å². The fourth-order valence-corrected chi connectivity index (χ4v) is 1.41. The molecule has 1 saturated carbocycles. The van der Waals surface area contributed by atoms with Gasteiger partial charge in [-0.15, -0.1) is 0 Å². The standard InChI is InChI=1S/C10H15.3C2H3N.CHF3O3S.Ru/c1-6-7(2)9(4)10(5)8(6)3;3*1-2-3;2-1(3,4)8(5,6)7;/h1-5H3;3*1H3;(H,5,6,7);/q;;;;;+1. The van der Waals surface area contributed by atoms with E-state index < -0.39 is 15.6 Å². The van der Waals surface area contributed by atoms with Crippen LogP contribution < -0.4 is 0 Å². The Kier molecular flexibility index (Phi) is 25.6. The van der Waals surface area contributed by atoms with Crippen LogP contribution in [0.5, 0.6) is 0 Å². The third-order valence-electron chi connectivity index (χ3n) is 3.10. The molecule has 0 heterocycles. The van der Waals surface area contributed by atoms with Gasteiger partial charge in [-0.2, -0.15) is 37.4 Å². The molecule has 1 N–H and O–H groups in total. The number of halogens is 3. The average Bonchev–Trinajstić information content (AvgIpc) is 2.66. The molecule has 0 aromatic rings. The second kappa shape index (κ2) is 19.1. The van der Waals surface area contributed by atoms with E-state index in [-0.39, 0.29) is 19.5 Å². The van der Waals surface area contributed by atoms with E-state index in [1.807, 2.05) is 0 Å². The van der Waals surface area contributed by atoms with E-state index in [9.17, 15) is 13.2 Å². The first-order chi connectivity index (χ1) is 12.0. The first-order valence-electron chi connectivity index (χ1n) is 7.21. The fraction of sp³-hybridized carbons (Fsp3) is 0.529. The van der Waals surface area contributed by atoms with Gasteiger partial charge in [-0.05, 0) is 29.6 Å². The van der Waals surface area contributed by atoms with E-state index in [4.69, 9.17) is 28.8 Å². The van der Waals surface area contributed by atoms with Gasteiger partial charge >= 0.3 is 35.1 Å². The summed E-state index contributed by atoms with van der Waals surface area (Å²) >= 11 is 0. The van der Waals surface area contributed by atoms with Crippen molar-refractivity contribution in [2.45, 2.75) is 60.9 Å². The molecule has 1 aliphatic rings. The Hall–Kier alpha value is -1.21. The van der Waals surface area contributed by atoms with Gasteiger partial charge in [0.25, 0.3) is 0 Å². The second-order valence-electron chi connectivity index (χ2n) is 4.72. The van der Waals surface area contributed by atoms with Crippen LogP contribution in [0.15, 0.2) is 0 Å². The summed E-state index contributed by atoms with van der Waals surface area (Å²) in [7, 11) is -5.84. The van der Waals surface area contributed by atoms with Crippen LogP contribution in [0.2, 0.25) is 0 Å². The number of hydrogen-bond donors (Lipinski definition) is 1. The number of alkyl halides is 3. The van der Waals surface area contributed by atoms with Crippen LogP contribution in [0.1, 0.15) is 55.4 Å². The van der Waals surface area contributed by atoms with Crippen molar-refractivity contribution in [2.24, 2.45) is 0 Å². The first kappa shape index (κ1) is 37.5. The van der Waals surface area contributed by atoms with Gasteiger partial charge in [-0.3, -0.25) is 4.55 Å². The van der Waals surface area contributed by atoms with Crippen LogP contribution in [0, 0.1) is 63.6 Å². The summed E-state index contributed by atoms with van der Waals surface area (Å²) in [5, 5.41) is 22.0. The van der Waals surface area contributed by atoms with Crippen molar-refractivity contribution in [1.82, 2.24) is 0 Å². The van der Waals surface area contributed by atoms with Crippen molar-refractivity contribution in [1.29, 1.82) is 15.8 Å². The molecule has 0 amide bonds. The molecule has 0 aromatic carbocycles. The molecule has 1 rings (SSSR count). The summed E-state index contributed by atoms with van der Waals surface area (Å²) in [5.74, 6) is 7.34. The molecule has 160 valence electrons. The maximum Gasteiger partial charge on any atom is 1.00 e. The molecule has 0 atom stereocenters. The zero-order valence-electron chi connectivity index (χ0n) is 17.0. The van der Waals surface area contributed by atoms with E-state index >= 15 is 0 Å². The van der Waals surface area contributed by atoms with Crippen LogP contribution in [0.25, 0.3) is 0 Å². The van der Waals surface area contributed by atoms with Crippen molar-refractivity contribution in [3.63, 3.8) is 0 Å². The number of nitriles is 3. The molecule has 1 fully saturated rings. The Labute approximate surface area is 180 Å². The smallest absolute Gasteiger partial charge is 0.279 e. The number of hydrogen-bond acceptors (Lipinski definition) is 5. The van der Waals surface area contributed by atoms with E-state index in [0.717, 1.165) is 0 Å². The summed E-state index contributed by atoms with van der Waals surface area (Å²) in [6.07, 6.45) is 0. The molecule has 0 saturated heterocycles. The Morgan fingerprint density at radius 3 is 0.821 bits per heavy atom. The van der Waals surface area contributed by atoms with Crippen LogP contribution in [0.3, 0.4) is 0 Å². The monoisotopic (exact) mass is 510 g/mol. The minimum Gasteiger partial charge on any atom is -0.279 e. The van der Waals surface area contributed by atoms with Crippen LogP contribution in [0.4, 0.5) is 13.2 Å². The Bertz CT molecular complexity index is 535. The van der Waals surface area contributed by atoms with Crippen LogP contribution in [-0.4, -0.2) is 18.5 Å². The molecule has 28 heavy (non-hydrogen) atoms. The summed E-state index contributed by atoms with van der Waals surface area (Å²) in [5.41, 5.74) is -5.53. The van der Waals surface area contributed by atoms with Gasteiger partial charge in [0.05, 0.1) is 18.2 Å². The SMILES string of the molecule is CC#N.CC#N.CC#N.C[C]1[C](C)[C](C)[C](C)[C]1C.O=S(=O)(O)C(F)(F)F.[Ru+]. The predicted octanol–water partition coefficient (Wildman–Crippen LogP) is 4.95. The zero-order chi connectivity index (χ0) is 23.0. The summed E-state index contributed by atoms with van der Waals surface area (Å²) < 4.78 is 57.5. The average molecular weight is 510 g/mol. The van der Waals surface area contributed by atoms with E-state index in [0.29, 0.717) is 0 Å². The zero-order valence-corrected chi connectivity index (χ0v) is 19.6.